The van der Waals surface area contributed by atoms with Crippen LogP contribution in [0.5, 0.6) is 0 Å². The van der Waals surface area contributed by atoms with Crippen LogP contribution in [0.1, 0.15) is 48.4 Å². The van der Waals surface area contributed by atoms with Crippen molar-refractivity contribution >= 4 is 11.9 Å². The lowest BCUT2D eigenvalue weighted by Gasteiger charge is -2.26. The first-order chi connectivity index (χ1) is 9.25. The van der Waals surface area contributed by atoms with Crippen molar-refractivity contribution in [3.05, 3.63) is 17.0 Å². The molecule has 1 rings (SSSR count). The molecular formula is C14H23N3O3. The van der Waals surface area contributed by atoms with Crippen LogP contribution in [-0.2, 0) is 11.8 Å². The topological polar surface area (TPSA) is 75.4 Å². The summed E-state index contributed by atoms with van der Waals surface area (Å²) in [7, 11) is 1.81. The van der Waals surface area contributed by atoms with Gasteiger partial charge in [0.25, 0.3) is 5.91 Å². The van der Waals surface area contributed by atoms with Gasteiger partial charge in [0.05, 0.1) is 11.3 Å². The van der Waals surface area contributed by atoms with Gasteiger partial charge < -0.3 is 10.0 Å². The van der Waals surface area contributed by atoms with Crippen molar-refractivity contribution in [3.63, 3.8) is 0 Å². The van der Waals surface area contributed by atoms with Crippen molar-refractivity contribution in [2.75, 3.05) is 6.54 Å². The van der Waals surface area contributed by atoms with E-state index in [2.05, 4.69) is 5.10 Å². The molecule has 0 saturated carbocycles. The van der Waals surface area contributed by atoms with Crippen LogP contribution in [0.3, 0.4) is 0 Å². The monoisotopic (exact) mass is 281 g/mol. The Balaban J connectivity index is 2.91. The molecule has 0 saturated heterocycles. The van der Waals surface area contributed by atoms with Crippen LogP contribution in [0.4, 0.5) is 0 Å². The molecule has 20 heavy (non-hydrogen) atoms. The van der Waals surface area contributed by atoms with Gasteiger partial charge in [0.15, 0.2) is 0 Å². The first kappa shape index (κ1) is 16.2. The predicted molar refractivity (Wildman–Crippen MR) is 75.7 cm³/mol. The van der Waals surface area contributed by atoms with Crippen molar-refractivity contribution in [1.29, 1.82) is 0 Å². The summed E-state index contributed by atoms with van der Waals surface area (Å²) >= 11 is 0. The zero-order valence-corrected chi connectivity index (χ0v) is 12.8. The third-order valence-electron chi connectivity index (χ3n) is 3.40. The lowest BCUT2D eigenvalue weighted by Crippen LogP contribution is -2.38. The second-order valence-corrected chi connectivity index (χ2v) is 5.26. The lowest BCUT2D eigenvalue weighted by molar-refractivity contribution is -0.137. The van der Waals surface area contributed by atoms with Gasteiger partial charge in [0.1, 0.15) is 0 Å². The molecule has 112 valence electrons. The first-order valence-electron chi connectivity index (χ1n) is 6.78. The minimum Gasteiger partial charge on any atom is -0.481 e. The molecule has 1 N–H and O–H groups in total. The highest BCUT2D eigenvalue weighted by Gasteiger charge is 2.24. The van der Waals surface area contributed by atoms with E-state index in [0.717, 1.165) is 5.69 Å². The number of carbonyl (C=O) groups is 2. The Bertz CT molecular complexity index is 506. The van der Waals surface area contributed by atoms with Gasteiger partial charge in [-0.25, -0.2) is 0 Å². The molecule has 6 nitrogen and oxygen atoms in total. The molecule has 0 bridgehead atoms. The van der Waals surface area contributed by atoms with Crippen LogP contribution in [-0.4, -0.2) is 44.3 Å². The van der Waals surface area contributed by atoms with Crippen LogP contribution in [0.15, 0.2) is 0 Å². The van der Waals surface area contributed by atoms with E-state index in [1.165, 1.54) is 0 Å². The minimum absolute atomic E-state index is 0.0234. The summed E-state index contributed by atoms with van der Waals surface area (Å²) < 4.78 is 1.69. The van der Waals surface area contributed by atoms with Gasteiger partial charge in [-0.3, -0.25) is 14.3 Å². The maximum absolute atomic E-state index is 12.6. The van der Waals surface area contributed by atoms with E-state index in [1.807, 2.05) is 34.7 Å². The highest BCUT2D eigenvalue weighted by molar-refractivity contribution is 5.96. The van der Waals surface area contributed by atoms with Crippen molar-refractivity contribution in [3.8, 4) is 0 Å². The largest absolute Gasteiger partial charge is 0.481 e. The van der Waals surface area contributed by atoms with E-state index in [1.54, 1.807) is 9.58 Å². The Kier molecular flexibility index (Phi) is 5.30. The van der Waals surface area contributed by atoms with Crippen LogP contribution >= 0.6 is 0 Å². The summed E-state index contributed by atoms with van der Waals surface area (Å²) in [5.41, 5.74) is 2.16. The summed E-state index contributed by atoms with van der Waals surface area (Å²) in [5.74, 6) is -0.914. The van der Waals surface area contributed by atoms with Gasteiger partial charge in [-0.1, -0.05) is 0 Å². The molecule has 0 aliphatic rings. The number of hydrogen-bond acceptors (Lipinski definition) is 3. The van der Waals surface area contributed by atoms with Crippen LogP contribution in [0, 0.1) is 13.8 Å². The summed E-state index contributed by atoms with van der Waals surface area (Å²) in [5, 5.41) is 13.0. The fourth-order valence-corrected chi connectivity index (χ4v) is 2.22. The van der Waals surface area contributed by atoms with Gasteiger partial charge in [0.2, 0.25) is 0 Å². The van der Waals surface area contributed by atoms with Gasteiger partial charge in [0, 0.05) is 31.7 Å². The Hall–Kier alpha value is -1.85. The van der Waals surface area contributed by atoms with Crippen LogP contribution in [0.2, 0.25) is 0 Å². The standard InChI is InChI=1S/C14H23N3O3/c1-9(2)17(8-6-7-12(18)19)14(20)13-10(3)15-16(5)11(13)4/h9H,6-8H2,1-5H3,(H,18,19). The molecule has 0 aliphatic carbocycles. The number of nitrogens with zero attached hydrogens (tertiary/aromatic N) is 3. The summed E-state index contributed by atoms with van der Waals surface area (Å²) in [6.07, 6.45) is 0.527. The number of carboxylic acid groups (broad SMARTS) is 1. The zero-order valence-electron chi connectivity index (χ0n) is 12.8. The second-order valence-electron chi connectivity index (χ2n) is 5.26. The summed E-state index contributed by atoms with van der Waals surface area (Å²) in [6, 6.07) is 0.0234. The molecule has 1 heterocycles. The third-order valence-corrected chi connectivity index (χ3v) is 3.40. The molecule has 6 heteroatoms. The predicted octanol–water partition coefficient (Wildman–Crippen LogP) is 1.75. The number of aromatic nitrogens is 2. The van der Waals surface area contributed by atoms with Gasteiger partial charge in [-0.05, 0) is 34.1 Å². The molecule has 0 aliphatic heterocycles. The van der Waals surface area contributed by atoms with Crippen molar-refractivity contribution in [2.24, 2.45) is 7.05 Å². The molecule has 1 amide bonds. The summed E-state index contributed by atoms with van der Waals surface area (Å²) in [4.78, 5) is 24.9. The molecule has 1 aromatic rings. The molecule has 0 atom stereocenters. The number of aliphatic carboxylic acids is 1. The number of amides is 1. The van der Waals surface area contributed by atoms with E-state index in [-0.39, 0.29) is 18.4 Å². The average Bonchev–Trinajstić information content (AvgIpc) is 2.57. The molecule has 0 fully saturated rings. The minimum atomic E-state index is -0.838. The van der Waals surface area contributed by atoms with E-state index in [4.69, 9.17) is 5.11 Å². The number of carboxylic acids is 1. The van der Waals surface area contributed by atoms with Crippen molar-refractivity contribution in [1.82, 2.24) is 14.7 Å². The summed E-state index contributed by atoms with van der Waals surface area (Å²) in [6.45, 7) is 7.98. The lowest BCUT2D eigenvalue weighted by atomic mass is 10.1. The molecule has 1 aromatic heterocycles. The first-order valence-corrected chi connectivity index (χ1v) is 6.78. The maximum atomic E-state index is 12.6. The molecular weight excluding hydrogens is 258 g/mol. The van der Waals surface area contributed by atoms with E-state index in [0.29, 0.717) is 24.2 Å². The smallest absolute Gasteiger partial charge is 0.303 e. The third kappa shape index (κ3) is 3.59. The van der Waals surface area contributed by atoms with Gasteiger partial charge >= 0.3 is 5.97 Å². The van der Waals surface area contributed by atoms with E-state index >= 15 is 0 Å². The van der Waals surface area contributed by atoms with E-state index in [9.17, 15) is 9.59 Å². The number of rotatable bonds is 6. The average molecular weight is 281 g/mol. The fourth-order valence-electron chi connectivity index (χ4n) is 2.22. The Morgan fingerprint density at radius 2 is 1.95 bits per heavy atom. The zero-order chi connectivity index (χ0) is 15.4. The Labute approximate surface area is 119 Å². The number of hydrogen-bond donors (Lipinski definition) is 1. The number of carbonyl (C=O) groups excluding carboxylic acids is 1. The van der Waals surface area contributed by atoms with Crippen LogP contribution in [0.25, 0.3) is 0 Å². The van der Waals surface area contributed by atoms with Gasteiger partial charge in [-0.2, -0.15) is 5.10 Å². The van der Waals surface area contributed by atoms with Crippen molar-refractivity contribution in [2.45, 2.75) is 46.6 Å². The highest BCUT2D eigenvalue weighted by atomic mass is 16.4. The SMILES string of the molecule is Cc1nn(C)c(C)c1C(=O)N(CCCC(=O)O)C(C)C. The fraction of sp³-hybridized carbons (Fsp3) is 0.643. The normalized spacial score (nSPS) is 10.9. The molecule has 0 spiro atoms. The van der Waals surface area contributed by atoms with Crippen molar-refractivity contribution < 1.29 is 14.7 Å². The maximum Gasteiger partial charge on any atom is 0.303 e. The second kappa shape index (κ2) is 6.54. The highest BCUT2D eigenvalue weighted by Crippen LogP contribution is 2.17. The number of aryl methyl sites for hydroxylation is 2. The Morgan fingerprint density at radius 3 is 2.35 bits per heavy atom. The molecule has 0 aromatic carbocycles. The Morgan fingerprint density at radius 1 is 1.35 bits per heavy atom. The van der Waals surface area contributed by atoms with E-state index < -0.39 is 5.97 Å². The molecule has 0 radical (unpaired) electrons. The molecule has 0 unspecified atom stereocenters. The van der Waals surface area contributed by atoms with Crippen LogP contribution < -0.4 is 0 Å². The quantitative estimate of drug-likeness (QED) is 0.862. The van der Waals surface area contributed by atoms with Gasteiger partial charge in [-0.15, -0.1) is 0 Å².